The van der Waals surface area contributed by atoms with Crippen molar-refractivity contribution in [3.8, 4) is 11.1 Å². The number of rotatable bonds is 3. The van der Waals surface area contributed by atoms with Crippen LogP contribution >= 0.6 is 0 Å². The summed E-state index contributed by atoms with van der Waals surface area (Å²) in [5.41, 5.74) is 6.68. The number of para-hydroxylation sites is 1. The smallest absolute Gasteiger partial charge is 0.320 e. The van der Waals surface area contributed by atoms with E-state index in [1.54, 1.807) is 10.4 Å². The number of amides is 3. The molecule has 148 valence electrons. The number of carbonyl (C=O) groups excluding carboxylic acids is 2. The average Bonchev–Trinajstić information content (AvgIpc) is 2.78. The number of nitrogens with zero attached hydrogens (tertiary/aromatic N) is 1. The van der Waals surface area contributed by atoms with Gasteiger partial charge in [0.05, 0.1) is 11.6 Å². The number of nitrogens with one attached hydrogen (secondary N) is 2. The first-order chi connectivity index (χ1) is 14.2. The van der Waals surface area contributed by atoms with Crippen LogP contribution in [-0.2, 0) is 4.79 Å². The van der Waals surface area contributed by atoms with Crippen LogP contribution in [-0.4, -0.2) is 35.1 Å². The van der Waals surface area contributed by atoms with Gasteiger partial charge in [-0.3, -0.25) is 10.0 Å². The number of hydrogen-bond acceptors (Lipinski definition) is 3. The quantitative estimate of drug-likeness (QED) is 0.549. The van der Waals surface area contributed by atoms with E-state index in [2.05, 4.69) is 5.32 Å². The molecule has 6 nitrogen and oxygen atoms in total. The van der Waals surface area contributed by atoms with Crippen LogP contribution in [0.4, 0.5) is 10.5 Å². The Bertz CT molecular complexity index is 982. The SMILES string of the molecule is O=C(NO)C1C=C2CCN(C(=O)Nc3ccccc3-c3ccccc3)CC2=CC1. The summed E-state index contributed by atoms with van der Waals surface area (Å²) in [6.07, 6.45) is 5.11. The van der Waals surface area contributed by atoms with Crippen molar-refractivity contribution in [1.82, 2.24) is 10.4 Å². The molecular formula is C23H23N3O3. The van der Waals surface area contributed by atoms with Gasteiger partial charge in [-0.2, -0.15) is 0 Å². The molecule has 1 unspecified atom stereocenters. The molecule has 1 aliphatic heterocycles. The van der Waals surface area contributed by atoms with Crippen molar-refractivity contribution in [1.29, 1.82) is 0 Å². The van der Waals surface area contributed by atoms with Crippen LogP contribution in [0.25, 0.3) is 11.1 Å². The topological polar surface area (TPSA) is 81.7 Å². The maximum absolute atomic E-state index is 12.9. The van der Waals surface area contributed by atoms with Gasteiger partial charge in [0.1, 0.15) is 0 Å². The molecule has 2 aromatic rings. The molecule has 1 saturated heterocycles. The fourth-order valence-electron chi connectivity index (χ4n) is 3.86. The minimum absolute atomic E-state index is 0.136. The van der Waals surface area contributed by atoms with Gasteiger partial charge < -0.3 is 10.2 Å². The predicted molar refractivity (Wildman–Crippen MR) is 111 cm³/mol. The predicted octanol–water partition coefficient (Wildman–Crippen LogP) is 3.97. The van der Waals surface area contributed by atoms with Gasteiger partial charge in [0.2, 0.25) is 0 Å². The second-order valence-corrected chi connectivity index (χ2v) is 7.25. The summed E-state index contributed by atoms with van der Waals surface area (Å²) in [5.74, 6) is -0.748. The Labute approximate surface area is 169 Å². The van der Waals surface area contributed by atoms with Crippen LogP contribution in [0, 0.1) is 5.92 Å². The van der Waals surface area contributed by atoms with Gasteiger partial charge in [0.25, 0.3) is 5.91 Å². The molecule has 0 radical (unpaired) electrons. The van der Waals surface area contributed by atoms with Crippen molar-refractivity contribution < 1.29 is 14.8 Å². The molecule has 0 spiro atoms. The van der Waals surface area contributed by atoms with Gasteiger partial charge in [-0.05, 0) is 35.6 Å². The van der Waals surface area contributed by atoms with E-state index >= 15 is 0 Å². The van der Waals surface area contributed by atoms with Crippen LogP contribution in [0.5, 0.6) is 0 Å². The first-order valence-electron chi connectivity index (χ1n) is 9.70. The number of allylic oxidation sites excluding steroid dienone is 1. The molecular weight excluding hydrogens is 366 g/mol. The van der Waals surface area contributed by atoms with Crippen LogP contribution in [0.15, 0.2) is 77.9 Å². The number of benzene rings is 2. The van der Waals surface area contributed by atoms with Crippen molar-refractivity contribution in [3.63, 3.8) is 0 Å². The highest BCUT2D eigenvalue weighted by Gasteiger charge is 2.28. The molecule has 3 amide bonds. The molecule has 1 aliphatic carbocycles. The van der Waals surface area contributed by atoms with Crippen molar-refractivity contribution in [2.75, 3.05) is 18.4 Å². The number of hydroxylamine groups is 1. The summed E-state index contributed by atoms with van der Waals surface area (Å²) in [6.45, 7) is 1.09. The van der Waals surface area contributed by atoms with E-state index in [1.165, 1.54) is 0 Å². The molecule has 6 heteroatoms. The Morgan fingerprint density at radius 2 is 1.76 bits per heavy atom. The Kier molecular flexibility index (Phi) is 5.44. The van der Waals surface area contributed by atoms with Crippen molar-refractivity contribution in [2.24, 2.45) is 5.92 Å². The highest BCUT2D eigenvalue weighted by atomic mass is 16.5. The Hall–Kier alpha value is -3.38. The number of hydrogen-bond donors (Lipinski definition) is 3. The second-order valence-electron chi connectivity index (χ2n) is 7.25. The fraction of sp³-hybridized carbons (Fsp3) is 0.217. The standard InChI is InChI=1S/C23H23N3O3/c27-22(25-29)18-10-11-19-15-26(13-12-17(19)14-18)23(28)24-21-9-5-4-8-20(21)16-6-2-1-3-7-16/h1-9,11,14,18,29H,10,12-13,15H2,(H,24,28)(H,25,27). The highest BCUT2D eigenvalue weighted by molar-refractivity contribution is 5.94. The highest BCUT2D eigenvalue weighted by Crippen LogP contribution is 2.31. The molecule has 4 rings (SSSR count). The van der Waals surface area contributed by atoms with Gasteiger partial charge in [0, 0.05) is 18.7 Å². The molecule has 29 heavy (non-hydrogen) atoms. The van der Waals surface area contributed by atoms with Gasteiger partial charge in [-0.1, -0.05) is 60.7 Å². The minimum atomic E-state index is -0.398. The molecule has 0 aromatic heterocycles. The van der Waals surface area contributed by atoms with Crippen LogP contribution in [0.3, 0.4) is 0 Å². The van der Waals surface area contributed by atoms with E-state index in [4.69, 9.17) is 5.21 Å². The second kappa shape index (κ2) is 8.32. The normalized spacial score (nSPS) is 18.2. The minimum Gasteiger partial charge on any atom is -0.320 e. The van der Waals surface area contributed by atoms with E-state index in [0.29, 0.717) is 25.9 Å². The van der Waals surface area contributed by atoms with Gasteiger partial charge in [-0.25, -0.2) is 10.3 Å². The molecule has 3 N–H and O–H groups in total. The molecule has 1 fully saturated rings. The first-order valence-corrected chi connectivity index (χ1v) is 9.70. The van der Waals surface area contributed by atoms with Crippen LogP contribution < -0.4 is 10.8 Å². The lowest BCUT2D eigenvalue weighted by molar-refractivity contribution is -0.131. The third-order valence-corrected chi connectivity index (χ3v) is 5.43. The van der Waals surface area contributed by atoms with Crippen molar-refractivity contribution in [3.05, 3.63) is 77.9 Å². The lowest BCUT2D eigenvalue weighted by Gasteiger charge is -2.33. The molecule has 0 saturated carbocycles. The van der Waals surface area contributed by atoms with Gasteiger partial charge in [-0.15, -0.1) is 0 Å². The molecule has 2 aromatic carbocycles. The fourth-order valence-corrected chi connectivity index (χ4v) is 3.86. The van der Waals surface area contributed by atoms with Crippen molar-refractivity contribution >= 4 is 17.6 Å². The third kappa shape index (κ3) is 4.07. The average molecular weight is 389 g/mol. The number of urea groups is 1. The summed E-state index contributed by atoms with van der Waals surface area (Å²) in [7, 11) is 0. The van der Waals surface area contributed by atoms with Gasteiger partial charge in [0.15, 0.2) is 0 Å². The lowest BCUT2D eigenvalue weighted by Crippen LogP contribution is -2.41. The monoisotopic (exact) mass is 389 g/mol. The summed E-state index contributed by atoms with van der Waals surface area (Å²) < 4.78 is 0. The number of likely N-dealkylation sites (tertiary alicyclic amines) is 1. The zero-order valence-electron chi connectivity index (χ0n) is 16.0. The molecule has 2 aliphatic rings. The summed E-state index contributed by atoms with van der Waals surface area (Å²) in [4.78, 5) is 26.4. The molecule has 1 heterocycles. The third-order valence-electron chi connectivity index (χ3n) is 5.43. The molecule has 0 bridgehead atoms. The zero-order valence-corrected chi connectivity index (χ0v) is 16.0. The van der Waals surface area contributed by atoms with E-state index in [0.717, 1.165) is 28.0 Å². The number of carbonyl (C=O) groups is 2. The Balaban J connectivity index is 1.46. The number of fused-ring (bicyclic) bond motifs is 1. The van der Waals surface area contributed by atoms with E-state index in [1.807, 2.05) is 66.7 Å². The van der Waals surface area contributed by atoms with E-state index in [9.17, 15) is 9.59 Å². The summed E-state index contributed by atoms with van der Waals surface area (Å²) in [6, 6.07) is 17.6. The van der Waals surface area contributed by atoms with E-state index < -0.39 is 5.91 Å². The zero-order chi connectivity index (χ0) is 20.2. The Morgan fingerprint density at radius 3 is 2.55 bits per heavy atom. The van der Waals surface area contributed by atoms with Gasteiger partial charge >= 0.3 is 6.03 Å². The molecule has 1 atom stereocenters. The lowest BCUT2D eigenvalue weighted by atomic mass is 9.86. The maximum Gasteiger partial charge on any atom is 0.322 e. The van der Waals surface area contributed by atoms with Crippen LogP contribution in [0.2, 0.25) is 0 Å². The summed E-state index contributed by atoms with van der Waals surface area (Å²) in [5, 5.41) is 11.9. The number of anilines is 1. The van der Waals surface area contributed by atoms with Crippen molar-refractivity contribution in [2.45, 2.75) is 12.8 Å². The largest absolute Gasteiger partial charge is 0.322 e. The van der Waals surface area contributed by atoms with E-state index in [-0.39, 0.29) is 11.9 Å². The Morgan fingerprint density at radius 1 is 1.00 bits per heavy atom. The summed E-state index contributed by atoms with van der Waals surface area (Å²) >= 11 is 0. The number of piperidine rings is 1. The first kappa shape index (κ1) is 19.0. The van der Waals surface area contributed by atoms with Crippen LogP contribution in [0.1, 0.15) is 12.8 Å². The maximum atomic E-state index is 12.9.